The second-order valence-electron chi connectivity index (χ2n) is 9.19. The Hall–Kier alpha value is -4.12. The third-order valence-corrected chi connectivity index (χ3v) is 6.58. The maximum Gasteiger partial charge on any atom is 0.289 e. The third kappa shape index (κ3) is 6.41. The standard InChI is InChI=1S/C27H33N5O6/c1-3-12-31(26(33)20-37-2)18-23-5-4-13-30(23)19-24-10-11-25(38-24)27(34)29-16-14-28(15-17-29)21-6-8-22(9-7-21)32(35)36/h4-11,13H,3,12,14-20H2,1-2H3. The van der Waals surface area contributed by atoms with Gasteiger partial charge in [0, 0.05) is 69.5 Å². The quantitative estimate of drug-likeness (QED) is 0.280. The molecule has 0 aliphatic carbocycles. The van der Waals surface area contributed by atoms with Crippen molar-refractivity contribution in [2.75, 3.05) is 51.3 Å². The lowest BCUT2D eigenvalue weighted by atomic mass is 10.2. The second-order valence-corrected chi connectivity index (χ2v) is 9.19. The zero-order chi connectivity index (χ0) is 27.1. The maximum absolute atomic E-state index is 13.1. The Kier molecular flexibility index (Phi) is 8.80. The van der Waals surface area contributed by atoms with E-state index in [1.807, 2.05) is 35.9 Å². The minimum Gasteiger partial charge on any atom is -0.454 e. The molecule has 2 amide bonds. The Morgan fingerprint density at radius 1 is 1.08 bits per heavy atom. The Bertz CT molecular complexity index is 1240. The predicted octanol–water partition coefficient (Wildman–Crippen LogP) is 3.39. The van der Waals surface area contributed by atoms with Gasteiger partial charge in [-0.25, -0.2) is 0 Å². The molecular weight excluding hydrogens is 490 g/mol. The van der Waals surface area contributed by atoms with Gasteiger partial charge in [0.05, 0.1) is 18.0 Å². The summed E-state index contributed by atoms with van der Waals surface area (Å²) in [6, 6.07) is 13.9. The van der Waals surface area contributed by atoms with E-state index in [9.17, 15) is 19.7 Å². The summed E-state index contributed by atoms with van der Waals surface area (Å²) in [6.07, 6.45) is 2.78. The van der Waals surface area contributed by atoms with Crippen LogP contribution in [-0.2, 0) is 22.6 Å². The van der Waals surface area contributed by atoms with Crippen LogP contribution in [0, 0.1) is 10.1 Å². The van der Waals surface area contributed by atoms with Crippen LogP contribution in [0.15, 0.2) is 59.1 Å². The summed E-state index contributed by atoms with van der Waals surface area (Å²) < 4.78 is 13.0. The Morgan fingerprint density at radius 2 is 1.82 bits per heavy atom. The number of rotatable bonds is 11. The van der Waals surface area contributed by atoms with Crippen LogP contribution in [-0.4, -0.2) is 77.5 Å². The van der Waals surface area contributed by atoms with Gasteiger partial charge in [-0.15, -0.1) is 0 Å². The summed E-state index contributed by atoms with van der Waals surface area (Å²) in [5, 5.41) is 10.9. The maximum atomic E-state index is 13.1. The van der Waals surface area contributed by atoms with E-state index in [0.29, 0.717) is 57.3 Å². The van der Waals surface area contributed by atoms with E-state index in [1.165, 1.54) is 19.2 Å². The fourth-order valence-corrected chi connectivity index (χ4v) is 4.57. The van der Waals surface area contributed by atoms with Crippen molar-refractivity contribution in [2.45, 2.75) is 26.4 Å². The van der Waals surface area contributed by atoms with E-state index >= 15 is 0 Å². The molecule has 0 N–H and O–H groups in total. The van der Waals surface area contributed by atoms with E-state index in [1.54, 1.807) is 28.0 Å². The molecule has 1 saturated heterocycles. The van der Waals surface area contributed by atoms with Gasteiger partial charge in [-0.1, -0.05) is 6.92 Å². The van der Waals surface area contributed by atoms with Crippen LogP contribution in [0.1, 0.15) is 35.4 Å². The molecule has 1 fully saturated rings. The molecule has 0 saturated carbocycles. The van der Waals surface area contributed by atoms with Gasteiger partial charge in [-0.2, -0.15) is 0 Å². The number of hydrogen-bond acceptors (Lipinski definition) is 7. The van der Waals surface area contributed by atoms with Gasteiger partial charge < -0.3 is 28.4 Å². The first-order valence-corrected chi connectivity index (χ1v) is 12.7. The SMILES string of the molecule is CCCN(Cc1cccn1Cc1ccc(C(=O)N2CCN(c3ccc([N+](=O)[O-])cc3)CC2)o1)C(=O)COC. The smallest absolute Gasteiger partial charge is 0.289 e. The lowest BCUT2D eigenvalue weighted by Crippen LogP contribution is -2.48. The van der Waals surface area contributed by atoms with Crippen molar-refractivity contribution >= 4 is 23.2 Å². The molecule has 2 aromatic heterocycles. The normalized spacial score (nSPS) is 13.5. The number of nitrogens with zero attached hydrogens (tertiary/aromatic N) is 5. The molecule has 202 valence electrons. The number of hydrogen-bond donors (Lipinski definition) is 0. The third-order valence-electron chi connectivity index (χ3n) is 6.58. The number of benzene rings is 1. The topological polar surface area (TPSA) is 114 Å². The number of furan rings is 1. The van der Waals surface area contributed by atoms with Crippen molar-refractivity contribution < 1.29 is 23.7 Å². The predicted molar refractivity (Wildman–Crippen MR) is 141 cm³/mol. The van der Waals surface area contributed by atoms with Gasteiger partial charge >= 0.3 is 0 Å². The van der Waals surface area contributed by atoms with E-state index in [0.717, 1.165) is 17.8 Å². The summed E-state index contributed by atoms with van der Waals surface area (Å²) in [7, 11) is 1.51. The molecule has 3 heterocycles. The molecule has 38 heavy (non-hydrogen) atoms. The Labute approximate surface area is 221 Å². The average Bonchev–Trinajstić information content (AvgIpc) is 3.58. The molecule has 0 bridgehead atoms. The largest absolute Gasteiger partial charge is 0.454 e. The van der Waals surface area contributed by atoms with Crippen molar-refractivity contribution in [1.29, 1.82) is 0 Å². The van der Waals surface area contributed by atoms with Gasteiger partial charge in [0.15, 0.2) is 5.76 Å². The number of nitro benzene ring substituents is 1. The highest BCUT2D eigenvalue weighted by Crippen LogP contribution is 2.22. The lowest BCUT2D eigenvalue weighted by Gasteiger charge is -2.35. The zero-order valence-corrected chi connectivity index (χ0v) is 21.7. The van der Waals surface area contributed by atoms with Gasteiger partial charge in [-0.05, 0) is 42.8 Å². The highest BCUT2D eigenvalue weighted by molar-refractivity contribution is 5.91. The van der Waals surface area contributed by atoms with Crippen LogP contribution in [0.25, 0.3) is 0 Å². The second kappa shape index (κ2) is 12.4. The average molecular weight is 524 g/mol. The number of ether oxygens (including phenoxy) is 1. The molecular formula is C27H33N5O6. The lowest BCUT2D eigenvalue weighted by molar-refractivity contribution is -0.384. The minimum absolute atomic E-state index is 0.0481. The number of carbonyl (C=O) groups is 2. The molecule has 0 unspecified atom stereocenters. The Morgan fingerprint density at radius 3 is 2.47 bits per heavy atom. The molecule has 11 heteroatoms. The number of methoxy groups -OCH3 is 1. The van der Waals surface area contributed by atoms with Gasteiger partial charge in [-0.3, -0.25) is 19.7 Å². The Balaban J connectivity index is 1.34. The van der Waals surface area contributed by atoms with Gasteiger partial charge in [0.25, 0.3) is 11.6 Å². The first kappa shape index (κ1) is 26.9. The van der Waals surface area contributed by atoms with Crippen molar-refractivity contribution in [3.8, 4) is 0 Å². The molecule has 1 aliphatic rings. The van der Waals surface area contributed by atoms with Crippen LogP contribution in [0.4, 0.5) is 11.4 Å². The van der Waals surface area contributed by atoms with Crippen molar-refractivity contribution in [1.82, 2.24) is 14.4 Å². The fraction of sp³-hybridized carbons (Fsp3) is 0.407. The fourth-order valence-electron chi connectivity index (χ4n) is 4.57. The number of non-ortho nitro benzene ring substituents is 1. The molecule has 0 atom stereocenters. The van der Waals surface area contributed by atoms with Crippen LogP contribution in [0.5, 0.6) is 0 Å². The van der Waals surface area contributed by atoms with Crippen molar-refractivity contribution in [3.63, 3.8) is 0 Å². The summed E-state index contributed by atoms with van der Waals surface area (Å²) in [5.74, 6) is 0.731. The molecule has 11 nitrogen and oxygen atoms in total. The van der Waals surface area contributed by atoms with Crippen molar-refractivity contribution in [2.24, 2.45) is 0 Å². The molecule has 1 aromatic carbocycles. The number of aromatic nitrogens is 1. The van der Waals surface area contributed by atoms with Crippen LogP contribution in [0.2, 0.25) is 0 Å². The van der Waals surface area contributed by atoms with Crippen LogP contribution < -0.4 is 4.90 Å². The van der Waals surface area contributed by atoms with E-state index in [2.05, 4.69) is 4.90 Å². The van der Waals surface area contributed by atoms with Gasteiger partial charge in [0.1, 0.15) is 12.4 Å². The summed E-state index contributed by atoms with van der Waals surface area (Å²) in [6.45, 7) is 5.93. The number of anilines is 1. The molecule has 1 aliphatic heterocycles. The minimum atomic E-state index is -0.416. The number of nitro groups is 1. The summed E-state index contributed by atoms with van der Waals surface area (Å²) in [4.78, 5) is 41.6. The summed E-state index contributed by atoms with van der Waals surface area (Å²) in [5.41, 5.74) is 1.92. The number of carbonyl (C=O) groups excluding carboxylic acids is 2. The van der Waals surface area contributed by atoms with Crippen molar-refractivity contribution in [3.05, 3.63) is 82.1 Å². The molecule has 0 spiro atoms. The first-order chi connectivity index (χ1) is 18.4. The van der Waals surface area contributed by atoms with Crippen LogP contribution >= 0.6 is 0 Å². The monoisotopic (exact) mass is 523 g/mol. The summed E-state index contributed by atoms with van der Waals surface area (Å²) >= 11 is 0. The van der Waals surface area contributed by atoms with Gasteiger partial charge in [0.2, 0.25) is 5.91 Å². The molecule has 3 aromatic rings. The van der Waals surface area contributed by atoms with E-state index in [-0.39, 0.29) is 24.1 Å². The number of piperazine rings is 1. The van der Waals surface area contributed by atoms with E-state index in [4.69, 9.17) is 9.15 Å². The zero-order valence-electron chi connectivity index (χ0n) is 21.7. The van der Waals surface area contributed by atoms with E-state index < -0.39 is 4.92 Å². The highest BCUT2D eigenvalue weighted by Gasteiger charge is 2.25. The highest BCUT2D eigenvalue weighted by atomic mass is 16.6. The number of amides is 2. The molecule has 4 rings (SSSR count). The molecule has 0 radical (unpaired) electrons. The van der Waals surface area contributed by atoms with Crippen LogP contribution in [0.3, 0.4) is 0 Å². The first-order valence-electron chi connectivity index (χ1n) is 12.7.